The van der Waals surface area contributed by atoms with Gasteiger partial charge in [-0.3, -0.25) is 4.57 Å². The number of thiophene rings is 1. The number of fused-ring (bicyclic) bond motifs is 13. The average Bonchev–Trinajstić information content (AvgIpc) is 4.41. The van der Waals surface area contributed by atoms with Gasteiger partial charge < -0.3 is 9.47 Å². The molecule has 0 aliphatic carbocycles. The van der Waals surface area contributed by atoms with Gasteiger partial charge in [0, 0.05) is 64.8 Å². The predicted molar refractivity (Wildman–Crippen MR) is 330 cm³/mol. The van der Waals surface area contributed by atoms with Gasteiger partial charge >= 0.3 is 0 Å². The number of benzene rings is 12. The number of nitrogens with zero attached hydrogens (tertiary/aromatic N) is 5. The number of rotatable bonds is 8. The van der Waals surface area contributed by atoms with E-state index >= 15 is 0 Å². The molecule has 12 aromatic carbocycles. The molecule has 0 unspecified atom stereocenters. The molecule has 0 saturated heterocycles. The Labute approximate surface area is 453 Å². The summed E-state index contributed by atoms with van der Waals surface area (Å²) in [6.07, 6.45) is 0. The van der Waals surface area contributed by atoms with Crippen LogP contribution in [0.15, 0.2) is 273 Å². The SMILES string of the molecule is c1ccc(-c2cc3ccc4nc(-n5c6ccc(-c7ccc8c(c7)c7c9ccccc9ccc7n8-c7ccccc7)cc6c6c7ccccc7ccc65)nc(-c5ccc(N(c6ccccc6)c6ccccc6)cc5)c4c3s2)cc1. The monoisotopic (exact) mass is 1010 g/mol. The topological polar surface area (TPSA) is 38.9 Å². The first-order valence-corrected chi connectivity index (χ1v) is 27.3. The van der Waals surface area contributed by atoms with Crippen molar-refractivity contribution in [3.63, 3.8) is 0 Å². The van der Waals surface area contributed by atoms with Gasteiger partial charge in [-0.1, -0.05) is 176 Å². The van der Waals surface area contributed by atoms with Crippen molar-refractivity contribution in [3.05, 3.63) is 273 Å². The molecule has 0 amide bonds. The van der Waals surface area contributed by atoms with Crippen LogP contribution in [0.25, 0.3) is 131 Å². The quantitative estimate of drug-likeness (QED) is 0.152. The first-order valence-electron chi connectivity index (χ1n) is 26.5. The molecule has 4 aromatic heterocycles. The third kappa shape index (κ3) is 7.01. The fourth-order valence-corrected chi connectivity index (χ4v) is 13.3. The Morgan fingerprint density at radius 1 is 0.321 bits per heavy atom. The second-order valence-electron chi connectivity index (χ2n) is 20.1. The molecule has 4 heterocycles. The second kappa shape index (κ2) is 17.7. The largest absolute Gasteiger partial charge is 0.311 e. The van der Waals surface area contributed by atoms with Crippen molar-refractivity contribution in [2.45, 2.75) is 0 Å². The molecule has 0 aliphatic heterocycles. The van der Waals surface area contributed by atoms with E-state index in [1.165, 1.54) is 69.3 Å². The highest BCUT2D eigenvalue weighted by Crippen LogP contribution is 2.45. The van der Waals surface area contributed by atoms with Crippen LogP contribution in [0.4, 0.5) is 17.1 Å². The number of hydrogen-bond acceptors (Lipinski definition) is 4. The zero-order valence-electron chi connectivity index (χ0n) is 42.1. The van der Waals surface area contributed by atoms with Gasteiger partial charge in [-0.25, -0.2) is 9.97 Å². The van der Waals surface area contributed by atoms with E-state index in [0.717, 1.165) is 72.5 Å². The molecule has 16 rings (SSSR count). The van der Waals surface area contributed by atoms with Gasteiger partial charge in [0.05, 0.1) is 33.3 Å². The Morgan fingerprint density at radius 3 is 1.42 bits per heavy atom. The predicted octanol–water partition coefficient (Wildman–Crippen LogP) is 19.8. The van der Waals surface area contributed by atoms with E-state index in [9.17, 15) is 0 Å². The van der Waals surface area contributed by atoms with Gasteiger partial charge in [0.1, 0.15) is 0 Å². The van der Waals surface area contributed by atoms with E-state index in [1.54, 1.807) is 11.3 Å². The minimum atomic E-state index is 0.626. The maximum atomic E-state index is 5.76. The van der Waals surface area contributed by atoms with Crippen molar-refractivity contribution in [2.24, 2.45) is 0 Å². The number of para-hydroxylation sites is 3. The second-order valence-corrected chi connectivity index (χ2v) is 21.2. The van der Waals surface area contributed by atoms with Crippen molar-refractivity contribution in [1.29, 1.82) is 0 Å². The molecule has 78 heavy (non-hydrogen) atoms. The lowest BCUT2D eigenvalue weighted by atomic mass is 9.98. The van der Waals surface area contributed by atoms with Gasteiger partial charge in [0.2, 0.25) is 5.95 Å². The fraction of sp³-hybridized carbons (Fsp3) is 0. The van der Waals surface area contributed by atoms with Crippen molar-refractivity contribution < 1.29 is 0 Å². The summed E-state index contributed by atoms with van der Waals surface area (Å²) in [4.78, 5) is 14.9. The molecule has 5 nitrogen and oxygen atoms in total. The van der Waals surface area contributed by atoms with Crippen LogP contribution in [0.1, 0.15) is 0 Å². The standard InChI is InChI=1S/C72H45N5S/c1-5-19-48(20-6-1)66-45-52-31-38-61-69(71(52)78-66)70(49-29-36-56(37-30-49)75(53-21-7-2-8-22-53)54-23-9-3-10-24-54)74-72(73-61)77-63-40-35-51(44-60(63)68-58-28-16-14-18-47(58)33-42-65(68)77)50-34-39-62-59(43-50)67-57-27-15-13-17-46(57)32-41-64(67)76(62)55-25-11-4-12-26-55/h1-45H. The van der Waals surface area contributed by atoms with E-state index in [4.69, 9.17) is 9.97 Å². The molecule has 0 bridgehead atoms. The summed E-state index contributed by atoms with van der Waals surface area (Å²) in [6.45, 7) is 0. The zero-order valence-corrected chi connectivity index (χ0v) is 42.9. The van der Waals surface area contributed by atoms with Gasteiger partial charge in [0.25, 0.3) is 0 Å². The van der Waals surface area contributed by atoms with Crippen LogP contribution in [-0.4, -0.2) is 19.1 Å². The molecule has 0 atom stereocenters. The van der Waals surface area contributed by atoms with Crippen LogP contribution in [0, 0.1) is 0 Å². The van der Waals surface area contributed by atoms with Gasteiger partial charge in [-0.2, -0.15) is 0 Å². The molecular formula is C72H45N5S. The normalized spacial score (nSPS) is 11.8. The zero-order chi connectivity index (χ0) is 51.3. The minimum Gasteiger partial charge on any atom is -0.311 e. The van der Waals surface area contributed by atoms with E-state index in [-0.39, 0.29) is 0 Å². The Bertz CT molecular complexity index is 4960. The molecule has 0 spiro atoms. The smallest absolute Gasteiger partial charge is 0.235 e. The van der Waals surface area contributed by atoms with Crippen molar-refractivity contribution in [1.82, 2.24) is 19.1 Å². The highest BCUT2D eigenvalue weighted by molar-refractivity contribution is 7.23. The molecule has 0 saturated carbocycles. The molecule has 0 radical (unpaired) electrons. The first kappa shape index (κ1) is 44.2. The Kier molecular flexibility index (Phi) is 10.0. The van der Waals surface area contributed by atoms with Gasteiger partial charge in [-0.15, -0.1) is 11.3 Å². The van der Waals surface area contributed by atoms with Crippen LogP contribution >= 0.6 is 11.3 Å². The summed E-state index contributed by atoms with van der Waals surface area (Å²) >= 11 is 1.81. The lowest BCUT2D eigenvalue weighted by Gasteiger charge is -2.25. The summed E-state index contributed by atoms with van der Waals surface area (Å²) in [5.41, 5.74) is 15.2. The Balaban J connectivity index is 0.917. The maximum absolute atomic E-state index is 5.76. The number of aromatic nitrogens is 4. The molecule has 0 aliphatic rings. The third-order valence-electron chi connectivity index (χ3n) is 15.7. The van der Waals surface area contributed by atoms with Crippen molar-refractivity contribution >= 4 is 115 Å². The van der Waals surface area contributed by atoms with E-state index in [2.05, 4.69) is 287 Å². The highest BCUT2D eigenvalue weighted by atomic mass is 32.1. The summed E-state index contributed by atoms with van der Waals surface area (Å²) in [5, 5.41) is 11.9. The van der Waals surface area contributed by atoms with Crippen LogP contribution < -0.4 is 4.90 Å². The van der Waals surface area contributed by atoms with Crippen molar-refractivity contribution in [3.8, 4) is 44.5 Å². The molecule has 0 N–H and O–H groups in total. The van der Waals surface area contributed by atoms with Crippen molar-refractivity contribution in [2.75, 3.05) is 4.90 Å². The maximum Gasteiger partial charge on any atom is 0.235 e. The van der Waals surface area contributed by atoms with Crippen LogP contribution in [0.5, 0.6) is 0 Å². The summed E-state index contributed by atoms with van der Waals surface area (Å²) < 4.78 is 5.87. The van der Waals surface area contributed by atoms with Crippen LogP contribution in [0.3, 0.4) is 0 Å². The fourth-order valence-electron chi connectivity index (χ4n) is 12.1. The van der Waals surface area contributed by atoms with Gasteiger partial charge in [0.15, 0.2) is 0 Å². The molecule has 6 heteroatoms. The first-order chi connectivity index (χ1) is 38.7. The lowest BCUT2D eigenvalue weighted by Crippen LogP contribution is -2.09. The number of hydrogen-bond donors (Lipinski definition) is 0. The Morgan fingerprint density at radius 2 is 0.808 bits per heavy atom. The molecule has 16 aromatic rings. The van der Waals surface area contributed by atoms with Crippen LogP contribution in [0.2, 0.25) is 0 Å². The van der Waals surface area contributed by atoms with Crippen LogP contribution in [-0.2, 0) is 0 Å². The minimum absolute atomic E-state index is 0.626. The summed E-state index contributed by atoms with van der Waals surface area (Å²) in [7, 11) is 0. The van der Waals surface area contributed by atoms with Gasteiger partial charge in [-0.05, 0) is 141 Å². The van der Waals surface area contributed by atoms with E-state index in [0.29, 0.717) is 5.95 Å². The summed E-state index contributed by atoms with van der Waals surface area (Å²) in [6, 6.07) is 98.6. The van der Waals surface area contributed by atoms with E-state index < -0.39 is 0 Å². The molecule has 364 valence electrons. The van der Waals surface area contributed by atoms with E-state index in [1.807, 2.05) is 0 Å². The average molecular weight is 1010 g/mol. The Hall–Kier alpha value is -10.1. The molecule has 0 fully saturated rings. The molecular weight excluding hydrogens is 967 g/mol. The number of anilines is 3. The summed E-state index contributed by atoms with van der Waals surface area (Å²) in [5.74, 6) is 0.626. The third-order valence-corrected chi connectivity index (χ3v) is 16.9. The highest BCUT2D eigenvalue weighted by Gasteiger charge is 2.23. The lowest BCUT2D eigenvalue weighted by molar-refractivity contribution is 1.01.